The molecule has 144 valence electrons. The van der Waals surface area contributed by atoms with E-state index in [0.29, 0.717) is 23.6 Å². The zero-order valence-corrected chi connectivity index (χ0v) is 16.5. The van der Waals surface area contributed by atoms with E-state index in [0.717, 1.165) is 44.3 Å². The van der Waals surface area contributed by atoms with E-state index in [4.69, 9.17) is 16.6 Å². The van der Waals surface area contributed by atoms with Gasteiger partial charge in [-0.3, -0.25) is 4.79 Å². The largest absolute Gasteiger partial charge is 0.481 e. The topological polar surface area (TPSA) is 66.3 Å². The first-order valence-electron chi connectivity index (χ1n) is 9.72. The van der Waals surface area contributed by atoms with Crippen molar-refractivity contribution in [2.24, 2.45) is 0 Å². The molecule has 2 heterocycles. The van der Waals surface area contributed by atoms with Crippen LogP contribution in [0, 0.1) is 0 Å². The van der Waals surface area contributed by atoms with E-state index in [-0.39, 0.29) is 5.15 Å². The maximum absolute atomic E-state index is 12.0. The van der Waals surface area contributed by atoms with Crippen LogP contribution >= 0.6 is 11.6 Å². The smallest absolute Gasteiger partial charge is 0.311 e. The summed E-state index contributed by atoms with van der Waals surface area (Å²) in [7, 11) is 0. The minimum absolute atomic E-state index is 0.257. The van der Waals surface area contributed by atoms with Crippen molar-refractivity contribution in [2.45, 2.75) is 51.4 Å². The maximum Gasteiger partial charge on any atom is 0.311 e. The molecule has 1 fully saturated rings. The molecule has 1 N–H and O–H groups in total. The molecule has 0 radical (unpaired) electrons. The number of unbranched alkanes of at least 4 members (excludes halogenated alkanes) is 1. The van der Waals surface area contributed by atoms with Crippen LogP contribution < -0.4 is 4.90 Å². The third kappa shape index (κ3) is 4.59. The van der Waals surface area contributed by atoms with Gasteiger partial charge in [-0.15, -0.1) is 0 Å². The molecule has 1 unspecified atom stereocenters. The van der Waals surface area contributed by atoms with Gasteiger partial charge in [-0.1, -0.05) is 61.7 Å². The van der Waals surface area contributed by atoms with E-state index in [9.17, 15) is 9.90 Å². The number of halogens is 1. The number of piperidine rings is 1. The first-order chi connectivity index (χ1) is 13.1. The standard InChI is InChI=1S/C21H26ClN3O2/c1-2-3-12-16(20(26)27)17-18(15-10-6-4-7-11-15)23-21(24-19(17)22)25-13-8-5-9-14-25/h4,6-7,10-11,16H,2-3,5,8-9,12-14H2,1H3,(H,26,27). The van der Waals surface area contributed by atoms with Crippen LogP contribution in [-0.2, 0) is 4.79 Å². The second-order valence-electron chi connectivity index (χ2n) is 7.02. The molecule has 0 spiro atoms. The van der Waals surface area contributed by atoms with Crippen LogP contribution in [0.1, 0.15) is 56.9 Å². The van der Waals surface area contributed by atoms with Gasteiger partial charge in [0.2, 0.25) is 5.95 Å². The third-order valence-electron chi connectivity index (χ3n) is 5.07. The number of aliphatic carboxylic acids is 1. The predicted octanol–water partition coefficient (Wildman–Crippen LogP) is 5.15. The summed E-state index contributed by atoms with van der Waals surface area (Å²) >= 11 is 6.58. The van der Waals surface area contributed by atoms with E-state index >= 15 is 0 Å². The predicted molar refractivity (Wildman–Crippen MR) is 108 cm³/mol. The van der Waals surface area contributed by atoms with E-state index in [2.05, 4.69) is 16.8 Å². The number of aromatic nitrogens is 2. The van der Waals surface area contributed by atoms with Crippen molar-refractivity contribution in [3.05, 3.63) is 41.0 Å². The Morgan fingerprint density at radius 1 is 1.19 bits per heavy atom. The average molecular weight is 388 g/mol. The van der Waals surface area contributed by atoms with Gasteiger partial charge in [0.15, 0.2) is 0 Å². The van der Waals surface area contributed by atoms with Gasteiger partial charge >= 0.3 is 5.97 Å². The molecule has 6 heteroatoms. The van der Waals surface area contributed by atoms with Crippen molar-refractivity contribution in [2.75, 3.05) is 18.0 Å². The summed E-state index contributed by atoms with van der Waals surface area (Å²) in [6, 6.07) is 9.68. The van der Waals surface area contributed by atoms with E-state index < -0.39 is 11.9 Å². The number of nitrogens with zero attached hydrogens (tertiary/aromatic N) is 3. The number of anilines is 1. The first kappa shape index (κ1) is 19.6. The van der Waals surface area contributed by atoms with Crippen LogP contribution in [-0.4, -0.2) is 34.1 Å². The lowest BCUT2D eigenvalue weighted by molar-refractivity contribution is -0.139. The summed E-state index contributed by atoms with van der Waals surface area (Å²) in [5.41, 5.74) is 2.04. The Bertz CT molecular complexity index is 776. The van der Waals surface area contributed by atoms with Crippen LogP contribution in [0.4, 0.5) is 5.95 Å². The molecule has 1 aromatic carbocycles. The van der Waals surface area contributed by atoms with Gasteiger partial charge in [0.05, 0.1) is 11.6 Å². The Kier molecular flexibility index (Phi) is 6.67. The molecule has 0 bridgehead atoms. The Hall–Kier alpha value is -2.14. The zero-order chi connectivity index (χ0) is 19.2. The molecular formula is C21H26ClN3O2. The molecule has 1 saturated heterocycles. The van der Waals surface area contributed by atoms with Crippen molar-refractivity contribution in [1.29, 1.82) is 0 Å². The molecular weight excluding hydrogens is 362 g/mol. The Labute approximate surface area is 165 Å². The van der Waals surface area contributed by atoms with Gasteiger partial charge in [0.25, 0.3) is 0 Å². The maximum atomic E-state index is 12.0. The quantitative estimate of drug-likeness (QED) is 0.666. The van der Waals surface area contributed by atoms with Crippen molar-refractivity contribution >= 4 is 23.5 Å². The summed E-state index contributed by atoms with van der Waals surface area (Å²) in [6.07, 6.45) is 5.70. The second-order valence-corrected chi connectivity index (χ2v) is 7.38. The van der Waals surface area contributed by atoms with Crippen LogP contribution in [0.2, 0.25) is 5.15 Å². The number of benzene rings is 1. The van der Waals surface area contributed by atoms with Gasteiger partial charge in [0.1, 0.15) is 5.15 Å². The molecule has 1 atom stereocenters. The molecule has 27 heavy (non-hydrogen) atoms. The summed E-state index contributed by atoms with van der Waals surface area (Å²) in [4.78, 5) is 23.5. The van der Waals surface area contributed by atoms with Gasteiger partial charge in [-0.05, 0) is 25.7 Å². The van der Waals surface area contributed by atoms with Crippen molar-refractivity contribution < 1.29 is 9.90 Å². The summed E-state index contributed by atoms with van der Waals surface area (Å²) in [5, 5.41) is 10.1. The lowest BCUT2D eigenvalue weighted by Gasteiger charge is -2.28. The zero-order valence-electron chi connectivity index (χ0n) is 15.7. The molecule has 0 saturated carbocycles. The molecule has 3 rings (SSSR count). The summed E-state index contributed by atoms with van der Waals surface area (Å²) < 4.78 is 0. The fourth-order valence-corrected chi connectivity index (χ4v) is 3.89. The van der Waals surface area contributed by atoms with Crippen molar-refractivity contribution in [3.8, 4) is 11.3 Å². The molecule has 2 aromatic rings. The first-order valence-corrected chi connectivity index (χ1v) is 10.1. The highest BCUT2D eigenvalue weighted by Gasteiger charge is 2.29. The monoisotopic (exact) mass is 387 g/mol. The molecule has 1 aliphatic rings. The Morgan fingerprint density at radius 3 is 2.52 bits per heavy atom. The fourth-order valence-electron chi connectivity index (χ4n) is 3.59. The highest BCUT2D eigenvalue weighted by molar-refractivity contribution is 6.31. The average Bonchev–Trinajstić information content (AvgIpc) is 2.70. The molecule has 0 aliphatic carbocycles. The summed E-state index contributed by atoms with van der Waals surface area (Å²) in [5.74, 6) is -0.984. The van der Waals surface area contributed by atoms with Gasteiger partial charge in [-0.25, -0.2) is 9.97 Å². The Morgan fingerprint density at radius 2 is 1.89 bits per heavy atom. The van der Waals surface area contributed by atoms with Gasteiger partial charge in [-0.2, -0.15) is 0 Å². The number of carboxylic acid groups (broad SMARTS) is 1. The van der Waals surface area contributed by atoms with Crippen molar-refractivity contribution in [1.82, 2.24) is 9.97 Å². The van der Waals surface area contributed by atoms with Crippen LogP contribution in [0.5, 0.6) is 0 Å². The minimum atomic E-state index is -0.878. The highest BCUT2D eigenvalue weighted by atomic mass is 35.5. The van der Waals surface area contributed by atoms with Crippen molar-refractivity contribution in [3.63, 3.8) is 0 Å². The normalized spacial score (nSPS) is 15.6. The number of rotatable bonds is 7. The van der Waals surface area contributed by atoms with E-state index in [1.807, 2.05) is 30.3 Å². The minimum Gasteiger partial charge on any atom is -0.481 e. The number of carboxylic acids is 1. The molecule has 5 nitrogen and oxygen atoms in total. The highest BCUT2D eigenvalue weighted by Crippen LogP contribution is 2.37. The number of carbonyl (C=O) groups is 1. The fraction of sp³-hybridized carbons (Fsp3) is 0.476. The van der Waals surface area contributed by atoms with Crippen LogP contribution in [0.3, 0.4) is 0 Å². The third-order valence-corrected chi connectivity index (χ3v) is 5.35. The molecule has 1 aliphatic heterocycles. The molecule has 0 amide bonds. The van der Waals surface area contributed by atoms with E-state index in [1.54, 1.807) is 0 Å². The SMILES string of the molecule is CCCCC(C(=O)O)c1c(Cl)nc(N2CCCCC2)nc1-c1ccccc1. The van der Waals surface area contributed by atoms with Crippen LogP contribution in [0.15, 0.2) is 30.3 Å². The lowest BCUT2D eigenvalue weighted by Crippen LogP contribution is -2.31. The van der Waals surface area contributed by atoms with Crippen LogP contribution in [0.25, 0.3) is 11.3 Å². The Balaban J connectivity index is 2.11. The summed E-state index contributed by atoms with van der Waals surface area (Å²) in [6.45, 7) is 3.86. The molecule has 1 aromatic heterocycles. The van der Waals surface area contributed by atoms with Gasteiger partial charge in [0, 0.05) is 24.2 Å². The number of hydrogen-bond acceptors (Lipinski definition) is 4. The van der Waals surface area contributed by atoms with Gasteiger partial charge < -0.3 is 10.0 Å². The number of hydrogen-bond donors (Lipinski definition) is 1. The second kappa shape index (κ2) is 9.18. The van der Waals surface area contributed by atoms with E-state index in [1.165, 1.54) is 6.42 Å². The lowest BCUT2D eigenvalue weighted by atomic mass is 9.91.